The number of hydrogen-bond acceptors (Lipinski definition) is 4. The molecule has 2 N–H and O–H groups in total. The second-order valence-corrected chi connectivity index (χ2v) is 3.35. The Balaban J connectivity index is 2.83. The molecule has 70 valence electrons. The van der Waals surface area contributed by atoms with Crippen LogP contribution in [0.15, 0.2) is 17.5 Å². The number of ketones is 1. The van der Waals surface area contributed by atoms with E-state index in [9.17, 15) is 9.59 Å². The van der Waals surface area contributed by atoms with E-state index in [4.69, 9.17) is 5.11 Å². The van der Waals surface area contributed by atoms with Crippen molar-refractivity contribution >= 4 is 23.1 Å². The lowest BCUT2D eigenvalue weighted by Gasteiger charge is -2.07. The summed E-state index contributed by atoms with van der Waals surface area (Å²) in [6, 6.07) is 2.19. The number of thiophene rings is 1. The summed E-state index contributed by atoms with van der Waals surface area (Å²) in [6.07, 6.45) is 0. The SMILES string of the molecule is CNC(C(=O)O)C(=O)c1cccs1. The maximum atomic E-state index is 11.4. The first-order chi connectivity index (χ1) is 6.16. The fourth-order valence-electron chi connectivity index (χ4n) is 0.928. The molecule has 1 aromatic rings. The Morgan fingerprint density at radius 1 is 1.62 bits per heavy atom. The van der Waals surface area contributed by atoms with Crippen molar-refractivity contribution in [2.75, 3.05) is 7.05 Å². The molecule has 1 heterocycles. The molecule has 0 amide bonds. The maximum Gasteiger partial charge on any atom is 0.328 e. The summed E-state index contributed by atoms with van der Waals surface area (Å²) < 4.78 is 0. The molecule has 1 atom stereocenters. The number of carbonyl (C=O) groups excluding carboxylic acids is 1. The zero-order valence-electron chi connectivity index (χ0n) is 6.98. The largest absolute Gasteiger partial charge is 0.480 e. The maximum absolute atomic E-state index is 11.4. The minimum Gasteiger partial charge on any atom is -0.480 e. The number of carboxylic acids is 1. The van der Waals surface area contributed by atoms with Gasteiger partial charge in [-0.25, -0.2) is 0 Å². The van der Waals surface area contributed by atoms with E-state index in [0.717, 1.165) is 0 Å². The molecule has 0 spiro atoms. The molecule has 0 aliphatic rings. The van der Waals surface area contributed by atoms with Gasteiger partial charge in [0.15, 0.2) is 6.04 Å². The van der Waals surface area contributed by atoms with Gasteiger partial charge in [0, 0.05) is 0 Å². The lowest BCUT2D eigenvalue weighted by Crippen LogP contribution is -2.40. The van der Waals surface area contributed by atoms with Crippen molar-refractivity contribution in [1.29, 1.82) is 0 Å². The molecule has 13 heavy (non-hydrogen) atoms. The molecule has 0 saturated heterocycles. The number of likely N-dealkylation sites (N-methyl/N-ethyl adjacent to an activating group) is 1. The van der Waals surface area contributed by atoms with Crippen molar-refractivity contribution in [2.45, 2.75) is 6.04 Å². The summed E-state index contributed by atoms with van der Waals surface area (Å²) in [6.45, 7) is 0. The third-order valence-electron chi connectivity index (χ3n) is 1.56. The third kappa shape index (κ3) is 2.13. The van der Waals surface area contributed by atoms with Crippen LogP contribution >= 0.6 is 11.3 Å². The van der Waals surface area contributed by atoms with Gasteiger partial charge >= 0.3 is 5.97 Å². The van der Waals surface area contributed by atoms with Crippen LogP contribution < -0.4 is 5.32 Å². The highest BCUT2D eigenvalue weighted by molar-refractivity contribution is 7.12. The quantitative estimate of drug-likeness (QED) is 0.550. The van der Waals surface area contributed by atoms with E-state index in [1.165, 1.54) is 18.4 Å². The molecule has 0 fully saturated rings. The Hall–Kier alpha value is -1.20. The number of carboxylic acid groups (broad SMARTS) is 1. The summed E-state index contributed by atoms with van der Waals surface area (Å²) in [7, 11) is 1.45. The van der Waals surface area contributed by atoms with Gasteiger partial charge in [-0.1, -0.05) is 6.07 Å². The normalized spacial score (nSPS) is 12.4. The summed E-state index contributed by atoms with van der Waals surface area (Å²) in [4.78, 5) is 22.5. The van der Waals surface area contributed by atoms with Crippen molar-refractivity contribution in [2.24, 2.45) is 0 Å². The van der Waals surface area contributed by atoms with Gasteiger partial charge in [0.05, 0.1) is 4.88 Å². The van der Waals surface area contributed by atoms with Gasteiger partial charge in [-0.2, -0.15) is 0 Å². The highest BCUT2D eigenvalue weighted by atomic mass is 32.1. The average molecular weight is 199 g/mol. The number of nitrogens with one attached hydrogen (secondary N) is 1. The van der Waals surface area contributed by atoms with Gasteiger partial charge in [0.1, 0.15) is 0 Å². The number of hydrogen-bond donors (Lipinski definition) is 2. The summed E-state index contributed by atoms with van der Waals surface area (Å²) in [5, 5.41) is 12.8. The first-order valence-electron chi connectivity index (χ1n) is 3.64. The van der Waals surface area contributed by atoms with E-state index in [1.807, 2.05) is 0 Å². The molecule has 1 aromatic heterocycles. The van der Waals surface area contributed by atoms with Crippen LogP contribution in [0.4, 0.5) is 0 Å². The van der Waals surface area contributed by atoms with Gasteiger partial charge in [0.2, 0.25) is 5.78 Å². The van der Waals surface area contributed by atoms with E-state index in [1.54, 1.807) is 17.5 Å². The van der Waals surface area contributed by atoms with Crippen molar-refractivity contribution in [3.05, 3.63) is 22.4 Å². The van der Waals surface area contributed by atoms with Gasteiger partial charge < -0.3 is 10.4 Å². The topological polar surface area (TPSA) is 66.4 Å². The Labute approximate surface area is 79.2 Å². The molecule has 0 saturated carbocycles. The fourth-order valence-corrected chi connectivity index (χ4v) is 1.62. The smallest absolute Gasteiger partial charge is 0.328 e. The molecular weight excluding hydrogens is 190 g/mol. The number of aliphatic carboxylic acids is 1. The van der Waals surface area contributed by atoms with Gasteiger partial charge in [-0.15, -0.1) is 11.3 Å². The molecule has 0 aromatic carbocycles. The van der Waals surface area contributed by atoms with Gasteiger partial charge in [-0.3, -0.25) is 9.59 Å². The summed E-state index contributed by atoms with van der Waals surface area (Å²) >= 11 is 1.24. The van der Waals surface area contributed by atoms with E-state index < -0.39 is 17.8 Å². The molecule has 0 bridgehead atoms. The third-order valence-corrected chi connectivity index (χ3v) is 2.45. The number of rotatable bonds is 4. The Bertz CT molecular complexity index is 307. The standard InChI is InChI=1S/C8H9NO3S/c1-9-6(8(11)12)7(10)5-3-2-4-13-5/h2-4,6,9H,1H3,(H,11,12). The fraction of sp³-hybridized carbons (Fsp3) is 0.250. The Morgan fingerprint density at radius 2 is 2.31 bits per heavy atom. The van der Waals surface area contributed by atoms with Crippen LogP contribution in [0.3, 0.4) is 0 Å². The predicted octanol–water partition coefficient (Wildman–Crippen LogP) is 0.603. The Morgan fingerprint density at radius 3 is 2.69 bits per heavy atom. The first-order valence-corrected chi connectivity index (χ1v) is 4.52. The lowest BCUT2D eigenvalue weighted by atomic mass is 10.1. The minimum absolute atomic E-state index is 0.398. The summed E-state index contributed by atoms with van der Waals surface area (Å²) in [5.41, 5.74) is 0. The Kier molecular flexibility index (Phi) is 3.16. The van der Waals surface area contributed by atoms with Crippen LogP contribution in [0, 0.1) is 0 Å². The van der Waals surface area contributed by atoms with Crippen LogP contribution in [0.1, 0.15) is 9.67 Å². The molecular formula is C8H9NO3S. The molecule has 1 rings (SSSR count). The van der Waals surface area contributed by atoms with Crippen molar-refractivity contribution < 1.29 is 14.7 Å². The minimum atomic E-state index is -1.15. The van der Waals surface area contributed by atoms with Gasteiger partial charge in [-0.05, 0) is 18.5 Å². The monoisotopic (exact) mass is 199 g/mol. The van der Waals surface area contributed by atoms with Crippen molar-refractivity contribution in [3.63, 3.8) is 0 Å². The van der Waals surface area contributed by atoms with E-state index in [-0.39, 0.29) is 0 Å². The molecule has 0 aliphatic heterocycles. The highest BCUT2D eigenvalue weighted by Gasteiger charge is 2.25. The van der Waals surface area contributed by atoms with Crippen LogP contribution in [0.5, 0.6) is 0 Å². The highest BCUT2D eigenvalue weighted by Crippen LogP contribution is 2.11. The molecule has 0 aliphatic carbocycles. The van der Waals surface area contributed by atoms with E-state index in [0.29, 0.717) is 4.88 Å². The first kappa shape index (κ1) is 9.88. The van der Waals surface area contributed by atoms with Crippen LogP contribution in [-0.2, 0) is 4.79 Å². The molecule has 1 unspecified atom stereocenters. The van der Waals surface area contributed by atoms with Crippen LogP contribution in [-0.4, -0.2) is 29.9 Å². The number of carbonyl (C=O) groups is 2. The zero-order valence-corrected chi connectivity index (χ0v) is 7.80. The molecule has 4 nitrogen and oxygen atoms in total. The van der Waals surface area contributed by atoms with Crippen molar-refractivity contribution in [1.82, 2.24) is 5.32 Å². The second-order valence-electron chi connectivity index (χ2n) is 2.40. The van der Waals surface area contributed by atoms with E-state index in [2.05, 4.69) is 5.32 Å². The average Bonchev–Trinajstić information content (AvgIpc) is 2.56. The molecule has 5 heteroatoms. The van der Waals surface area contributed by atoms with Gasteiger partial charge in [0.25, 0.3) is 0 Å². The van der Waals surface area contributed by atoms with E-state index >= 15 is 0 Å². The zero-order chi connectivity index (χ0) is 9.84. The molecule has 0 radical (unpaired) electrons. The van der Waals surface area contributed by atoms with Crippen molar-refractivity contribution in [3.8, 4) is 0 Å². The second kappa shape index (κ2) is 4.15. The summed E-state index contributed by atoms with van der Waals surface area (Å²) in [5.74, 6) is -1.55. The van der Waals surface area contributed by atoms with Crippen LogP contribution in [0.25, 0.3) is 0 Å². The predicted molar refractivity (Wildman–Crippen MR) is 49.1 cm³/mol. The number of Topliss-reactive ketones (excluding diaryl/α,β-unsaturated/α-hetero) is 1. The lowest BCUT2D eigenvalue weighted by molar-refractivity contribution is -0.137. The van der Waals surface area contributed by atoms with Crippen LogP contribution in [0.2, 0.25) is 0 Å².